The molecule has 0 unspecified atom stereocenters. The average molecular weight is 234 g/mol. The van der Waals surface area contributed by atoms with Gasteiger partial charge in [-0.25, -0.2) is 4.98 Å². The monoisotopic (exact) mass is 234 g/mol. The molecule has 0 fully saturated rings. The van der Waals surface area contributed by atoms with Crippen LogP contribution < -0.4 is 5.32 Å². The Morgan fingerprint density at radius 1 is 1.35 bits per heavy atom. The molecule has 2 aromatic heterocycles. The summed E-state index contributed by atoms with van der Waals surface area (Å²) in [4.78, 5) is 4.18. The van der Waals surface area contributed by atoms with Crippen molar-refractivity contribution in [1.82, 2.24) is 29.6 Å². The lowest BCUT2D eigenvalue weighted by Crippen LogP contribution is -2.17. The molecule has 6 nitrogen and oxygen atoms in total. The summed E-state index contributed by atoms with van der Waals surface area (Å²) in [5, 5.41) is 11.3. The molecule has 0 bridgehead atoms. The van der Waals surface area contributed by atoms with E-state index < -0.39 is 0 Å². The minimum atomic E-state index is 0.708. The topological polar surface area (TPSA) is 60.6 Å². The number of imidazole rings is 1. The van der Waals surface area contributed by atoms with Crippen molar-refractivity contribution in [2.75, 3.05) is 6.54 Å². The molecule has 2 heterocycles. The zero-order valence-electron chi connectivity index (χ0n) is 10.3. The standard InChI is InChI=1S/C11H18N6/c1-3-4-12-5-10-6-13-8-17(10)7-11-15-14-9-16(11)2/h6,8-9,12H,3-5,7H2,1-2H3. The number of aryl methyl sites for hydroxylation is 1. The Morgan fingerprint density at radius 3 is 2.94 bits per heavy atom. The van der Waals surface area contributed by atoms with Crippen LogP contribution in [0, 0.1) is 0 Å². The highest BCUT2D eigenvalue weighted by Gasteiger charge is 2.06. The second-order valence-corrected chi connectivity index (χ2v) is 4.05. The van der Waals surface area contributed by atoms with Crippen LogP contribution in [0.25, 0.3) is 0 Å². The second-order valence-electron chi connectivity index (χ2n) is 4.05. The molecule has 0 aliphatic rings. The third-order valence-electron chi connectivity index (χ3n) is 2.65. The van der Waals surface area contributed by atoms with Crippen LogP contribution in [0.15, 0.2) is 18.9 Å². The fourth-order valence-corrected chi connectivity index (χ4v) is 1.63. The quantitative estimate of drug-likeness (QED) is 0.742. The van der Waals surface area contributed by atoms with Crippen molar-refractivity contribution in [3.63, 3.8) is 0 Å². The van der Waals surface area contributed by atoms with Crippen LogP contribution in [0.2, 0.25) is 0 Å². The van der Waals surface area contributed by atoms with Crippen molar-refractivity contribution in [2.45, 2.75) is 26.4 Å². The lowest BCUT2D eigenvalue weighted by molar-refractivity contribution is 0.612. The van der Waals surface area contributed by atoms with E-state index in [1.54, 1.807) is 6.33 Å². The van der Waals surface area contributed by atoms with E-state index in [9.17, 15) is 0 Å². The van der Waals surface area contributed by atoms with Gasteiger partial charge in [0.2, 0.25) is 0 Å². The SMILES string of the molecule is CCCNCc1cncn1Cc1nncn1C. The van der Waals surface area contributed by atoms with E-state index in [1.165, 1.54) is 5.69 Å². The number of aromatic nitrogens is 5. The molecule has 92 valence electrons. The third-order valence-corrected chi connectivity index (χ3v) is 2.65. The number of hydrogen-bond acceptors (Lipinski definition) is 4. The van der Waals surface area contributed by atoms with Gasteiger partial charge in [0.15, 0.2) is 5.82 Å². The minimum absolute atomic E-state index is 0.708. The summed E-state index contributed by atoms with van der Waals surface area (Å²) in [6, 6.07) is 0. The first kappa shape index (κ1) is 11.8. The number of nitrogens with zero attached hydrogens (tertiary/aromatic N) is 5. The summed E-state index contributed by atoms with van der Waals surface area (Å²) < 4.78 is 4.01. The maximum atomic E-state index is 4.18. The lowest BCUT2D eigenvalue weighted by Gasteiger charge is -2.08. The summed E-state index contributed by atoms with van der Waals surface area (Å²) in [5.41, 5.74) is 1.17. The zero-order chi connectivity index (χ0) is 12.1. The summed E-state index contributed by atoms with van der Waals surface area (Å²) in [6.07, 6.45) is 6.56. The van der Waals surface area contributed by atoms with E-state index in [0.717, 1.165) is 25.3 Å². The van der Waals surface area contributed by atoms with Gasteiger partial charge in [-0.15, -0.1) is 10.2 Å². The highest BCUT2D eigenvalue weighted by molar-refractivity contribution is 5.01. The van der Waals surface area contributed by atoms with Crippen molar-refractivity contribution in [3.05, 3.63) is 30.4 Å². The first-order valence-electron chi connectivity index (χ1n) is 5.84. The minimum Gasteiger partial charge on any atom is -0.326 e. The van der Waals surface area contributed by atoms with Gasteiger partial charge in [0.1, 0.15) is 6.33 Å². The van der Waals surface area contributed by atoms with Crippen molar-refractivity contribution < 1.29 is 0 Å². The number of rotatable bonds is 6. The van der Waals surface area contributed by atoms with Crippen LogP contribution in [0.3, 0.4) is 0 Å². The van der Waals surface area contributed by atoms with Crippen molar-refractivity contribution in [3.8, 4) is 0 Å². The molecule has 1 N–H and O–H groups in total. The molecule has 0 aliphatic carbocycles. The van der Waals surface area contributed by atoms with E-state index in [1.807, 2.05) is 24.1 Å². The van der Waals surface area contributed by atoms with E-state index in [4.69, 9.17) is 0 Å². The molecule has 0 saturated carbocycles. The Balaban J connectivity index is 2.01. The summed E-state index contributed by atoms with van der Waals surface area (Å²) in [7, 11) is 1.95. The highest BCUT2D eigenvalue weighted by Crippen LogP contribution is 2.03. The Kier molecular flexibility index (Phi) is 3.87. The van der Waals surface area contributed by atoms with Crippen LogP contribution in [-0.4, -0.2) is 30.9 Å². The van der Waals surface area contributed by atoms with Gasteiger partial charge < -0.3 is 14.5 Å². The number of nitrogens with one attached hydrogen (secondary N) is 1. The van der Waals surface area contributed by atoms with E-state index in [0.29, 0.717) is 6.54 Å². The first-order valence-corrected chi connectivity index (χ1v) is 5.84. The Hall–Kier alpha value is -1.69. The smallest absolute Gasteiger partial charge is 0.152 e. The average Bonchev–Trinajstić information content (AvgIpc) is 2.91. The normalized spacial score (nSPS) is 10.9. The molecule has 2 aromatic rings. The summed E-state index contributed by atoms with van der Waals surface area (Å²) in [6.45, 7) is 4.73. The van der Waals surface area contributed by atoms with Gasteiger partial charge >= 0.3 is 0 Å². The molecule has 0 amide bonds. The van der Waals surface area contributed by atoms with E-state index >= 15 is 0 Å². The Labute approximate surface area is 101 Å². The molecule has 17 heavy (non-hydrogen) atoms. The van der Waals surface area contributed by atoms with Crippen LogP contribution in [0.5, 0.6) is 0 Å². The molecular weight excluding hydrogens is 216 g/mol. The third kappa shape index (κ3) is 2.91. The molecule has 0 spiro atoms. The van der Waals surface area contributed by atoms with E-state index in [2.05, 4.69) is 32.0 Å². The van der Waals surface area contributed by atoms with Crippen LogP contribution in [0.1, 0.15) is 24.9 Å². The molecule has 2 rings (SSSR count). The fourth-order valence-electron chi connectivity index (χ4n) is 1.63. The van der Waals surface area contributed by atoms with Gasteiger partial charge in [-0.05, 0) is 13.0 Å². The maximum absolute atomic E-state index is 4.18. The van der Waals surface area contributed by atoms with Crippen molar-refractivity contribution in [1.29, 1.82) is 0 Å². The Bertz CT molecular complexity index is 458. The molecule has 6 heteroatoms. The highest BCUT2D eigenvalue weighted by atomic mass is 15.3. The molecule has 0 radical (unpaired) electrons. The molecular formula is C11H18N6. The van der Waals surface area contributed by atoms with Gasteiger partial charge in [0, 0.05) is 19.8 Å². The van der Waals surface area contributed by atoms with Gasteiger partial charge in [-0.2, -0.15) is 0 Å². The summed E-state index contributed by atoms with van der Waals surface area (Å²) in [5.74, 6) is 0.930. The van der Waals surface area contributed by atoms with Crippen molar-refractivity contribution >= 4 is 0 Å². The maximum Gasteiger partial charge on any atom is 0.152 e. The van der Waals surface area contributed by atoms with Gasteiger partial charge in [-0.3, -0.25) is 0 Å². The zero-order valence-corrected chi connectivity index (χ0v) is 10.3. The van der Waals surface area contributed by atoms with Crippen molar-refractivity contribution in [2.24, 2.45) is 7.05 Å². The Morgan fingerprint density at radius 2 is 2.24 bits per heavy atom. The van der Waals surface area contributed by atoms with Crippen LogP contribution in [-0.2, 0) is 20.1 Å². The molecule has 0 atom stereocenters. The lowest BCUT2D eigenvalue weighted by atomic mass is 10.4. The fraction of sp³-hybridized carbons (Fsp3) is 0.545. The number of hydrogen-bond donors (Lipinski definition) is 1. The van der Waals surface area contributed by atoms with E-state index in [-0.39, 0.29) is 0 Å². The predicted molar refractivity (Wildman–Crippen MR) is 64.3 cm³/mol. The van der Waals surface area contributed by atoms with Gasteiger partial charge in [0.05, 0.1) is 18.6 Å². The van der Waals surface area contributed by atoms with Gasteiger partial charge in [0.25, 0.3) is 0 Å². The van der Waals surface area contributed by atoms with Gasteiger partial charge in [-0.1, -0.05) is 6.92 Å². The first-order chi connectivity index (χ1) is 8.31. The molecule has 0 aliphatic heterocycles. The summed E-state index contributed by atoms with van der Waals surface area (Å²) >= 11 is 0. The predicted octanol–water partition coefficient (Wildman–Crippen LogP) is 0.559. The molecule has 0 saturated heterocycles. The second kappa shape index (κ2) is 5.58. The largest absolute Gasteiger partial charge is 0.326 e. The molecule has 0 aromatic carbocycles. The van der Waals surface area contributed by atoms with Crippen LogP contribution in [0.4, 0.5) is 0 Å². The van der Waals surface area contributed by atoms with Crippen LogP contribution >= 0.6 is 0 Å².